The van der Waals surface area contributed by atoms with Gasteiger partial charge in [-0.1, -0.05) is 22.0 Å². The first kappa shape index (κ1) is 15.5. The SMILES string of the molecule is CNCc1ccc(Br)cc1Sc1nc(C)c(C)c(C)n1. The molecule has 20 heavy (non-hydrogen) atoms. The molecular weight excluding hydrogens is 334 g/mol. The van der Waals surface area contributed by atoms with E-state index in [0.29, 0.717) is 0 Å². The van der Waals surface area contributed by atoms with Gasteiger partial charge < -0.3 is 5.32 Å². The molecule has 0 aliphatic carbocycles. The highest BCUT2D eigenvalue weighted by Gasteiger charge is 2.10. The van der Waals surface area contributed by atoms with E-state index in [9.17, 15) is 0 Å². The molecule has 0 fully saturated rings. The molecule has 2 rings (SSSR count). The smallest absolute Gasteiger partial charge is 0.192 e. The van der Waals surface area contributed by atoms with Crippen LogP contribution in [0.3, 0.4) is 0 Å². The Balaban J connectivity index is 2.36. The van der Waals surface area contributed by atoms with Gasteiger partial charge >= 0.3 is 0 Å². The number of nitrogens with one attached hydrogen (secondary N) is 1. The first-order valence-electron chi connectivity index (χ1n) is 6.44. The van der Waals surface area contributed by atoms with Crippen molar-refractivity contribution in [1.82, 2.24) is 15.3 Å². The Morgan fingerprint density at radius 2 is 1.80 bits per heavy atom. The Kier molecular flexibility index (Phi) is 5.18. The molecule has 0 radical (unpaired) electrons. The van der Waals surface area contributed by atoms with Crippen LogP contribution in [0.2, 0.25) is 0 Å². The van der Waals surface area contributed by atoms with Gasteiger partial charge in [-0.05, 0) is 62.8 Å². The Bertz CT molecular complexity index is 606. The van der Waals surface area contributed by atoms with Crippen LogP contribution in [-0.2, 0) is 6.54 Å². The molecule has 0 spiro atoms. The monoisotopic (exact) mass is 351 g/mol. The van der Waals surface area contributed by atoms with Crippen molar-refractivity contribution in [1.29, 1.82) is 0 Å². The van der Waals surface area contributed by atoms with E-state index in [-0.39, 0.29) is 0 Å². The van der Waals surface area contributed by atoms with Crippen LogP contribution in [0.4, 0.5) is 0 Å². The van der Waals surface area contributed by atoms with Crippen LogP contribution in [0, 0.1) is 20.8 Å². The predicted octanol–water partition coefficient (Wildman–Crippen LogP) is 4.03. The van der Waals surface area contributed by atoms with Gasteiger partial charge in [0.15, 0.2) is 5.16 Å². The van der Waals surface area contributed by atoms with E-state index in [4.69, 9.17) is 0 Å². The number of rotatable bonds is 4. The van der Waals surface area contributed by atoms with E-state index in [0.717, 1.165) is 27.6 Å². The van der Waals surface area contributed by atoms with Gasteiger partial charge in [-0.2, -0.15) is 0 Å². The van der Waals surface area contributed by atoms with Crippen LogP contribution in [0.25, 0.3) is 0 Å². The third kappa shape index (κ3) is 3.59. The molecule has 5 heteroatoms. The minimum absolute atomic E-state index is 0.807. The lowest BCUT2D eigenvalue weighted by atomic mass is 10.2. The maximum Gasteiger partial charge on any atom is 0.192 e. The summed E-state index contributed by atoms with van der Waals surface area (Å²) in [5.74, 6) is 0. The van der Waals surface area contributed by atoms with Gasteiger partial charge in [0, 0.05) is 27.3 Å². The van der Waals surface area contributed by atoms with E-state index >= 15 is 0 Å². The summed E-state index contributed by atoms with van der Waals surface area (Å²) in [5.41, 5.74) is 4.51. The van der Waals surface area contributed by atoms with Crippen LogP contribution in [0.15, 0.2) is 32.7 Å². The second-order valence-corrected chi connectivity index (χ2v) is 6.61. The molecule has 3 nitrogen and oxygen atoms in total. The number of benzene rings is 1. The predicted molar refractivity (Wildman–Crippen MR) is 87.3 cm³/mol. The van der Waals surface area contributed by atoms with Crippen molar-refractivity contribution in [2.24, 2.45) is 0 Å². The molecule has 0 saturated carbocycles. The highest BCUT2D eigenvalue weighted by Crippen LogP contribution is 2.31. The van der Waals surface area contributed by atoms with Crippen molar-refractivity contribution < 1.29 is 0 Å². The molecule has 1 heterocycles. The van der Waals surface area contributed by atoms with Crippen LogP contribution in [0.1, 0.15) is 22.5 Å². The summed E-state index contributed by atoms with van der Waals surface area (Å²) in [5, 5.41) is 4.00. The third-order valence-corrected chi connectivity index (χ3v) is 4.67. The molecular formula is C15H18BrN3S. The average Bonchev–Trinajstić information content (AvgIpc) is 2.39. The standard InChI is InChI=1S/C15H18BrN3S/c1-9-10(2)18-15(19-11(9)3)20-14-7-13(16)6-5-12(14)8-17-4/h5-7,17H,8H2,1-4H3. The largest absolute Gasteiger partial charge is 0.316 e. The fourth-order valence-electron chi connectivity index (χ4n) is 1.85. The zero-order chi connectivity index (χ0) is 14.7. The minimum atomic E-state index is 0.807. The molecule has 0 unspecified atom stereocenters. The highest BCUT2D eigenvalue weighted by atomic mass is 79.9. The van der Waals surface area contributed by atoms with Gasteiger partial charge in [-0.25, -0.2) is 9.97 Å². The molecule has 0 aliphatic heterocycles. The summed E-state index contributed by atoms with van der Waals surface area (Å²) >= 11 is 5.14. The number of hydrogen-bond acceptors (Lipinski definition) is 4. The van der Waals surface area contributed by atoms with Crippen molar-refractivity contribution in [3.05, 3.63) is 45.2 Å². The van der Waals surface area contributed by atoms with E-state index in [1.54, 1.807) is 11.8 Å². The van der Waals surface area contributed by atoms with Crippen molar-refractivity contribution in [2.75, 3.05) is 7.05 Å². The Hall–Kier alpha value is -0.910. The fraction of sp³-hybridized carbons (Fsp3) is 0.333. The molecule has 0 bridgehead atoms. The maximum absolute atomic E-state index is 4.58. The minimum Gasteiger partial charge on any atom is -0.316 e. The molecule has 0 saturated heterocycles. The molecule has 1 aromatic carbocycles. The summed E-state index contributed by atoms with van der Waals surface area (Å²) in [4.78, 5) is 10.3. The number of halogens is 1. The second kappa shape index (κ2) is 6.70. The van der Waals surface area contributed by atoms with Crippen LogP contribution >= 0.6 is 27.7 Å². The third-order valence-electron chi connectivity index (χ3n) is 3.21. The van der Waals surface area contributed by atoms with Gasteiger partial charge in [0.05, 0.1) is 0 Å². The fourth-order valence-corrected chi connectivity index (χ4v) is 3.38. The first-order chi connectivity index (χ1) is 9.51. The molecule has 106 valence electrons. The van der Waals surface area contributed by atoms with Gasteiger partial charge in [0.25, 0.3) is 0 Å². The summed E-state index contributed by atoms with van der Waals surface area (Å²) in [6.45, 7) is 6.96. The lowest BCUT2D eigenvalue weighted by molar-refractivity contribution is 0.801. The Morgan fingerprint density at radius 1 is 1.15 bits per heavy atom. The molecule has 1 N–H and O–H groups in total. The molecule has 0 aliphatic rings. The molecule has 0 amide bonds. The zero-order valence-corrected chi connectivity index (χ0v) is 14.5. The van der Waals surface area contributed by atoms with Crippen molar-refractivity contribution >= 4 is 27.7 Å². The lowest BCUT2D eigenvalue weighted by Gasteiger charge is -2.10. The van der Waals surface area contributed by atoms with Gasteiger partial charge in [-0.3, -0.25) is 0 Å². The summed E-state index contributed by atoms with van der Waals surface area (Å²) in [7, 11) is 1.95. The van der Waals surface area contributed by atoms with E-state index < -0.39 is 0 Å². The normalized spacial score (nSPS) is 10.8. The van der Waals surface area contributed by atoms with Gasteiger partial charge in [0.1, 0.15) is 0 Å². The van der Waals surface area contributed by atoms with Gasteiger partial charge in [0.2, 0.25) is 0 Å². The average molecular weight is 352 g/mol. The molecule has 1 aromatic heterocycles. The Morgan fingerprint density at radius 3 is 2.40 bits per heavy atom. The second-order valence-electron chi connectivity index (χ2n) is 4.69. The van der Waals surface area contributed by atoms with Gasteiger partial charge in [-0.15, -0.1) is 0 Å². The van der Waals surface area contributed by atoms with Crippen molar-refractivity contribution in [2.45, 2.75) is 37.4 Å². The van der Waals surface area contributed by atoms with Crippen LogP contribution < -0.4 is 5.32 Å². The zero-order valence-electron chi connectivity index (χ0n) is 12.1. The summed E-state index contributed by atoms with van der Waals surface area (Å²) < 4.78 is 1.07. The van der Waals surface area contributed by atoms with Crippen LogP contribution in [-0.4, -0.2) is 17.0 Å². The summed E-state index contributed by atoms with van der Waals surface area (Å²) in [6, 6.07) is 6.30. The van der Waals surface area contributed by atoms with E-state index in [1.807, 2.05) is 20.9 Å². The number of hydrogen-bond donors (Lipinski definition) is 1. The quantitative estimate of drug-likeness (QED) is 0.843. The van der Waals surface area contributed by atoms with Crippen molar-refractivity contribution in [3.8, 4) is 0 Å². The highest BCUT2D eigenvalue weighted by molar-refractivity contribution is 9.10. The topological polar surface area (TPSA) is 37.8 Å². The number of aromatic nitrogens is 2. The first-order valence-corrected chi connectivity index (χ1v) is 8.05. The molecule has 2 aromatic rings. The number of aryl methyl sites for hydroxylation is 2. The maximum atomic E-state index is 4.58. The Labute approximate surface area is 132 Å². The van der Waals surface area contributed by atoms with E-state index in [1.165, 1.54) is 16.0 Å². The van der Waals surface area contributed by atoms with Crippen molar-refractivity contribution in [3.63, 3.8) is 0 Å². The lowest BCUT2D eigenvalue weighted by Crippen LogP contribution is -2.06. The molecule has 0 atom stereocenters. The van der Waals surface area contributed by atoms with Crippen LogP contribution in [0.5, 0.6) is 0 Å². The number of nitrogens with zero attached hydrogens (tertiary/aromatic N) is 2. The van der Waals surface area contributed by atoms with E-state index in [2.05, 4.69) is 56.3 Å². The summed E-state index contributed by atoms with van der Waals surface area (Å²) in [6.07, 6.45) is 0.